The van der Waals surface area contributed by atoms with Crippen LogP contribution in [0.15, 0.2) is 36.4 Å². The van der Waals surface area contributed by atoms with Crippen molar-refractivity contribution in [1.29, 1.82) is 0 Å². The molecular weight excluding hydrogens is 293 g/mol. The van der Waals surface area contributed by atoms with Crippen LogP contribution < -0.4 is 5.32 Å². The minimum atomic E-state index is -0.139. The Hall–Kier alpha value is -1.64. The van der Waals surface area contributed by atoms with Crippen LogP contribution in [0.5, 0.6) is 0 Å². The average Bonchev–Trinajstić information content (AvgIpc) is 2.31. The molecule has 2 rings (SSSR count). The fraction of sp³-hybridized carbons (Fsp3) is 0.143. The number of nitrogens with one attached hydrogen (secondary N) is 1. The normalized spacial score (nSPS) is 10.3. The topological polar surface area (TPSA) is 46.2 Å². The molecule has 1 N–H and O–H groups in total. The van der Waals surface area contributed by atoms with Crippen LogP contribution in [0.3, 0.4) is 0 Å². The van der Waals surface area contributed by atoms with Crippen LogP contribution in [0, 0.1) is 0 Å². The predicted molar refractivity (Wildman–Crippen MR) is 72.7 cm³/mol. The molecule has 1 amide bonds. The minimum absolute atomic E-state index is 0.0446. The SMILES string of the molecule is CC(=O)Nc1c(CC(=O)[Se-])ccc2ccccc12. The number of carbonyl (C=O) groups is 2. The third-order valence-electron chi connectivity index (χ3n) is 2.65. The number of fused-ring (bicyclic) bond motifs is 1. The van der Waals surface area contributed by atoms with Gasteiger partial charge in [0.2, 0.25) is 0 Å². The number of anilines is 1. The Labute approximate surface area is 113 Å². The molecule has 0 radical (unpaired) electrons. The number of hydrogen-bond acceptors (Lipinski definition) is 2. The molecule has 0 bridgehead atoms. The first-order chi connectivity index (χ1) is 8.58. The van der Waals surface area contributed by atoms with Gasteiger partial charge in [-0.25, -0.2) is 0 Å². The van der Waals surface area contributed by atoms with Gasteiger partial charge in [0.05, 0.1) is 0 Å². The Morgan fingerprint density at radius 1 is 1.17 bits per heavy atom. The van der Waals surface area contributed by atoms with Gasteiger partial charge < -0.3 is 0 Å². The number of carbonyl (C=O) groups excluding carboxylic acids is 2. The summed E-state index contributed by atoms with van der Waals surface area (Å²) in [7, 11) is 0. The average molecular weight is 305 g/mol. The summed E-state index contributed by atoms with van der Waals surface area (Å²) in [5.41, 5.74) is 1.55. The number of hydrogen-bond donors (Lipinski definition) is 1. The van der Waals surface area contributed by atoms with E-state index in [1.165, 1.54) is 6.92 Å². The molecule has 0 atom stereocenters. The van der Waals surface area contributed by atoms with Crippen molar-refractivity contribution in [3.05, 3.63) is 42.0 Å². The van der Waals surface area contributed by atoms with Crippen molar-refractivity contribution >= 4 is 43.1 Å². The molecule has 3 nitrogen and oxygen atoms in total. The van der Waals surface area contributed by atoms with Crippen molar-refractivity contribution in [3.63, 3.8) is 0 Å². The predicted octanol–water partition coefficient (Wildman–Crippen LogP) is 2.04. The van der Waals surface area contributed by atoms with Crippen LogP contribution in [-0.2, 0) is 16.0 Å². The number of benzene rings is 2. The number of rotatable bonds is 3. The first-order valence-electron chi connectivity index (χ1n) is 5.56. The quantitative estimate of drug-likeness (QED) is 0.882. The molecule has 0 saturated carbocycles. The zero-order chi connectivity index (χ0) is 13.1. The molecule has 4 heteroatoms. The summed E-state index contributed by atoms with van der Waals surface area (Å²) in [4.78, 5) is 22.5. The Kier molecular flexibility index (Phi) is 3.80. The van der Waals surface area contributed by atoms with Crippen LogP contribution in [0.4, 0.5) is 5.69 Å². The van der Waals surface area contributed by atoms with Gasteiger partial charge >= 0.3 is 113 Å². The monoisotopic (exact) mass is 306 g/mol. The first kappa shape index (κ1) is 12.8. The van der Waals surface area contributed by atoms with E-state index in [2.05, 4.69) is 21.3 Å². The van der Waals surface area contributed by atoms with E-state index in [4.69, 9.17) is 0 Å². The maximum absolute atomic E-state index is 11.3. The standard InChI is InChI=1S/C14H13NO2Se/c1-9(16)15-14-11(8-13(17)18)7-6-10-4-2-3-5-12(10)14/h2-7H,8H2,1H3,(H,15,16)(H,17,18)/p-1. The summed E-state index contributed by atoms with van der Waals surface area (Å²) in [5.74, 6) is -0.139. The van der Waals surface area contributed by atoms with Gasteiger partial charge in [-0.05, 0) is 0 Å². The third kappa shape index (κ3) is 2.78. The first-order valence-corrected chi connectivity index (χ1v) is 6.41. The molecular formula is C14H12NO2Se-. The summed E-state index contributed by atoms with van der Waals surface area (Å²) in [6.45, 7) is 1.46. The van der Waals surface area contributed by atoms with Crippen molar-refractivity contribution in [2.45, 2.75) is 13.3 Å². The maximum atomic E-state index is 11.3. The van der Waals surface area contributed by atoms with Crippen LogP contribution in [-0.4, -0.2) is 26.6 Å². The van der Waals surface area contributed by atoms with E-state index in [-0.39, 0.29) is 17.0 Å². The van der Waals surface area contributed by atoms with E-state index >= 15 is 0 Å². The zero-order valence-electron chi connectivity index (χ0n) is 9.90. The molecule has 0 saturated heterocycles. The fourth-order valence-electron chi connectivity index (χ4n) is 1.94. The Balaban J connectivity index is 2.62. The summed E-state index contributed by atoms with van der Waals surface area (Å²) in [6.07, 6.45) is 0.278. The second-order valence-corrected chi connectivity index (χ2v) is 5.01. The Morgan fingerprint density at radius 2 is 1.89 bits per heavy atom. The van der Waals surface area contributed by atoms with Crippen LogP contribution in [0.2, 0.25) is 0 Å². The molecule has 0 aromatic heterocycles. The molecule has 0 spiro atoms. The summed E-state index contributed by atoms with van der Waals surface area (Å²) in [6, 6.07) is 11.6. The molecule has 0 unspecified atom stereocenters. The van der Waals surface area contributed by atoms with Crippen LogP contribution >= 0.6 is 0 Å². The summed E-state index contributed by atoms with van der Waals surface area (Å²) >= 11 is 2.47. The van der Waals surface area contributed by atoms with E-state index in [0.717, 1.165) is 22.0 Å². The molecule has 2 aromatic rings. The van der Waals surface area contributed by atoms with E-state index in [9.17, 15) is 9.59 Å². The molecule has 0 fully saturated rings. The van der Waals surface area contributed by atoms with Crippen LogP contribution in [0.25, 0.3) is 10.8 Å². The molecule has 0 aliphatic heterocycles. The molecule has 18 heavy (non-hydrogen) atoms. The van der Waals surface area contributed by atoms with Gasteiger partial charge in [0.25, 0.3) is 0 Å². The molecule has 0 heterocycles. The van der Waals surface area contributed by atoms with Gasteiger partial charge in [-0.3, -0.25) is 0 Å². The second kappa shape index (κ2) is 5.34. The van der Waals surface area contributed by atoms with Crippen molar-refractivity contribution < 1.29 is 9.59 Å². The van der Waals surface area contributed by atoms with E-state index in [1.807, 2.05) is 36.4 Å². The Bertz CT molecular complexity index is 622. The van der Waals surface area contributed by atoms with Crippen LogP contribution in [0.1, 0.15) is 12.5 Å². The van der Waals surface area contributed by atoms with Gasteiger partial charge in [-0.1, -0.05) is 0 Å². The zero-order valence-corrected chi connectivity index (χ0v) is 11.6. The summed E-state index contributed by atoms with van der Waals surface area (Å²) in [5, 5.41) is 4.81. The molecule has 0 aliphatic carbocycles. The van der Waals surface area contributed by atoms with Gasteiger partial charge in [-0.2, -0.15) is 0 Å². The van der Waals surface area contributed by atoms with Gasteiger partial charge in [-0.15, -0.1) is 0 Å². The van der Waals surface area contributed by atoms with E-state index < -0.39 is 0 Å². The van der Waals surface area contributed by atoms with Gasteiger partial charge in [0.1, 0.15) is 0 Å². The van der Waals surface area contributed by atoms with E-state index in [0.29, 0.717) is 0 Å². The van der Waals surface area contributed by atoms with Gasteiger partial charge in [0, 0.05) is 0 Å². The molecule has 2 aromatic carbocycles. The van der Waals surface area contributed by atoms with Crippen molar-refractivity contribution in [3.8, 4) is 0 Å². The van der Waals surface area contributed by atoms with Crippen molar-refractivity contribution in [2.75, 3.05) is 5.32 Å². The molecule has 92 valence electrons. The fourth-order valence-corrected chi connectivity index (χ4v) is 2.27. The van der Waals surface area contributed by atoms with Crippen molar-refractivity contribution in [1.82, 2.24) is 0 Å². The van der Waals surface area contributed by atoms with Crippen molar-refractivity contribution in [2.24, 2.45) is 0 Å². The Morgan fingerprint density at radius 3 is 2.56 bits per heavy atom. The second-order valence-electron chi connectivity index (χ2n) is 4.05. The van der Waals surface area contributed by atoms with E-state index in [1.54, 1.807) is 0 Å². The summed E-state index contributed by atoms with van der Waals surface area (Å²) < 4.78 is -0.0446. The third-order valence-corrected chi connectivity index (χ3v) is 2.95. The molecule has 0 aliphatic rings. The van der Waals surface area contributed by atoms with Gasteiger partial charge in [0.15, 0.2) is 0 Å². The number of amides is 1.